The number of nitrogens with one attached hydrogen (secondary N) is 1. The number of carbonyl (C=O) groups excluding carboxylic acids is 1. The molecule has 0 aliphatic rings. The molecule has 4 aromatic rings. The van der Waals surface area contributed by atoms with Gasteiger partial charge < -0.3 is 5.32 Å². The molecule has 0 aliphatic carbocycles. The fourth-order valence-corrected chi connectivity index (χ4v) is 5.41. The van der Waals surface area contributed by atoms with Gasteiger partial charge in [-0.2, -0.15) is 0 Å². The van der Waals surface area contributed by atoms with E-state index in [-0.39, 0.29) is 11.7 Å². The van der Waals surface area contributed by atoms with Gasteiger partial charge in [-0.25, -0.2) is 0 Å². The number of thioether (sulfide) groups is 1. The van der Waals surface area contributed by atoms with E-state index in [1.807, 2.05) is 36.6 Å². The quantitative estimate of drug-likeness (QED) is 0.233. The highest BCUT2D eigenvalue weighted by atomic mass is 35.5. The van der Waals surface area contributed by atoms with Gasteiger partial charge in [0.05, 0.1) is 16.5 Å². The Bertz CT molecular complexity index is 1390. The number of para-hydroxylation sites is 1. The van der Waals surface area contributed by atoms with Gasteiger partial charge in [0.2, 0.25) is 5.91 Å². The van der Waals surface area contributed by atoms with E-state index in [1.54, 1.807) is 12.1 Å². The fourth-order valence-electron chi connectivity index (χ4n) is 4.18. The number of aromatic nitrogens is 3. The van der Waals surface area contributed by atoms with Crippen LogP contribution < -0.4 is 5.32 Å². The molecular weight excluding hydrogens is 511 g/mol. The second-order valence-corrected chi connectivity index (χ2v) is 10.3. The van der Waals surface area contributed by atoms with Gasteiger partial charge in [-0.15, -0.1) is 10.2 Å². The lowest BCUT2D eigenvalue weighted by atomic mass is 10.0. The lowest BCUT2D eigenvalue weighted by molar-refractivity contribution is -0.113. The first-order valence-corrected chi connectivity index (χ1v) is 13.6. The molecular formula is C28H28Cl2N4OS. The highest BCUT2D eigenvalue weighted by Gasteiger charge is 2.22. The van der Waals surface area contributed by atoms with Gasteiger partial charge in [-0.3, -0.25) is 9.36 Å². The molecule has 0 unspecified atom stereocenters. The van der Waals surface area contributed by atoms with E-state index in [4.69, 9.17) is 23.2 Å². The molecule has 0 aliphatic heterocycles. The van der Waals surface area contributed by atoms with Crippen molar-refractivity contribution in [3.05, 3.63) is 86.9 Å². The summed E-state index contributed by atoms with van der Waals surface area (Å²) in [7, 11) is 0. The van der Waals surface area contributed by atoms with Crippen molar-refractivity contribution >= 4 is 46.6 Å². The number of nitrogens with zero attached hydrogens (tertiary/aromatic N) is 3. The highest BCUT2D eigenvalue weighted by Crippen LogP contribution is 2.36. The number of aryl methyl sites for hydroxylation is 4. The second-order valence-electron chi connectivity index (χ2n) is 8.55. The smallest absolute Gasteiger partial charge is 0.234 e. The predicted octanol–water partition coefficient (Wildman–Crippen LogP) is 7.71. The van der Waals surface area contributed by atoms with Crippen LogP contribution >= 0.6 is 35.0 Å². The molecule has 1 aromatic heterocycles. The van der Waals surface area contributed by atoms with Crippen LogP contribution in [-0.2, 0) is 17.6 Å². The minimum atomic E-state index is -0.105. The summed E-state index contributed by atoms with van der Waals surface area (Å²) in [4.78, 5) is 12.9. The molecule has 1 amide bonds. The van der Waals surface area contributed by atoms with Crippen molar-refractivity contribution < 1.29 is 4.79 Å². The molecule has 5 nitrogen and oxygen atoms in total. The molecule has 0 radical (unpaired) electrons. The van der Waals surface area contributed by atoms with Crippen molar-refractivity contribution in [2.75, 3.05) is 11.1 Å². The van der Waals surface area contributed by atoms with Crippen molar-refractivity contribution in [2.24, 2.45) is 0 Å². The van der Waals surface area contributed by atoms with Crippen molar-refractivity contribution in [3.63, 3.8) is 0 Å². The number of carbonyl (C=O) groups is 1. The third-order valence-electron chi connectivity index (χ3n) is 5.98. The van der Waals surface area contributed by atoms with Gasteiger partial charge in [-0.05, 0) is 67.6 Å². The Morgan fingerprint density at radius 2 is 1.69 bits per heavy atom. The maximum absolute atomic E-state index is 12.9. The second kappa shape index (κ2) is 11.5. The zero-order valence-corrected chi connectivity index (χ0v) is 23.1. The Balaban J connectivity index is 1.74. The van der Waals surface area contributed by atoms with E-state index in [2.05, 4.69) is 53.6 Å². The summed E-state index contributed by atoms with van der Waals surface area (Å²) in [5, 5.41) is 13.7. The first kappa shape index (κ1) is 26.3. The van der Waals surface area contributed by atoms with Gasteiger partial charge in [0, 0.05) is 16.3 Å². The molecule has 0 atom stereocenters. The van der Waals surface area contributed by atoms with E-state index in [0.717, 1.165) is 40.9 Å². The Labute approximate surface area is 226 Å². The van der Waals surface area contributed by atoms with E-state index >= 15 is 0 Å². The molecule has 0 saturated heterocycles. The van der Waals surface area contributed by atoms with Gasteiger partial charge in [0.15, 0.2) is 11.0 Å². The van der Waals surface area contributed by atoms with Crippen molar-refractivity contribution in [1.29, 1.82) is 0 Å². The van der Waals surface area contributed by atoms with E-state index in [1.165, 1.54) is 22.9 Å². The largest absolute Gasteiger partial charge is 0.325 e. The van der Waals surface area contributed by atoms with Crippen LogP contribution in [0, 0.1) is 13.8 Å². The molecule has 36 heavy (non-hydrogen) atoms. The molecule has 186 valence electrons. The van der Waals surface area contributed by atoms with Crippen molar-refractivity contribution in [2.45, 2.75) is 45.7 Å². The topological polar surface area (TPSA) is 59.8 Å². The third-order valence-corrected chi connectivity index (χ3v) is 7.46. The fraction of sp³-hybridized carbons (Fsp3) is 0.250. The van der Waals surface area contributed by atoms with Gasteiger partial charge >= 0.3 is 0 Å². The number of rotatable bonds is 8. The highest BCUT2D eigenvalue weighted by molar-refractivity contribution is 7.99. The number of halogens is 2. The number of anilines is 1. The summed E-state index contributed by atoms with van der Waals surface area (Å²) in [6.45, 7) is 8.27. The SMILES string of the molecule is CCc1cccc(CC)c1-n1c(SCC(=O)Nc2ccc(C)cc2C)nnc1-c1ccc(Cl)cc1Cl. The summed E-state index contributed by atoms with van der Waals surface area (Å²) < 4.78 is 2.03. The van der Waals surface area contributed by atoms with Crippen LogP contribution in [0.5, 0.6) is 0 Å². The Hall–Kier alpha value is -2.80. The van der Waals surface area contributed by atoms with Gasteiger partial charge in [-0.1, -0.05) is 84.7 Å². The lowest BCUT2D eigenvalue weighted by Gasteiger charge is -2.18. The molecule has 4 rings (SSSR count). The van der Waals surface area contributed by atoms with Gasteiger partial charge in [0.25, 0.3) is 0 Å². The summed E-state index contributed by atoms with van der Waals surface area (Å²) in [6.07, 6.45) is 1.68. The number of hydrogen-bond donors (Lipinski definition) is 1. The third kappa shape index (κ3) is 5.61. The van der Waals surface area contributed by atoms with Crippen molar-refractivity contribution in [3.8, 4) is 17.1 Å². The van der Waals surface area contributed by atoms with Crippen LogP contribution in [0.15, 0.2) is 59.8 Å². The average Bonchev–Trinajstić information content (AvgIpc) is 3.27. The van der Waals surface area contributed by atoms with Crippen LogP contribution in [0.25, 0.3) is 17.1 Å². The molecule has 3 aromatic carbocycles. The lowest BCUT2D eigenvalue weighted by Crippen LogP contribution is -2.15. The molecule has 8 heteroatoms. The predicted molar refractivity (Wildman–Crippen MR) is 151 cm³/mol. The standard InChI is InChI=1S/C28H28Cl2N4OS/c1-5-19-8-7-9-20(6-2)26(19)34-27(22-12-11-21(29)15-23(22)30)32-33-28(34)36-16-25(35)31-24-13-10-17(3)14-18(24)4/h7-15H,5-6,16H2,1-4H3,(H,31,35). The maximum atomic E-state index is 12.9. The van der Waals surface area contributed by atoms with Gasteiger partial charge in [0.1, 0.15) is 0 Å². The summed E-state index contributed by atoms with van der Waals surface area (Å²) in [5.41, 5.74) is 7.09. The number of amides is 1. The number of hydrogen-bond acceptors (Lipinski definition) is 4. The van der Waals surface area contributed by atoms with E-state index in [0.29, 0.717) is 21.0 Å². The van der Waals surface area contributed by atoms with Crippen molar-refractivity contribution in [1.82, 2.24) is 14.8 Å². The molecule has 0 bridgehead atoms. The molecule has 1 heterocycles. The van der Waals surface area contributed by atoms with E-state index in [9.17, 15) is 4.79 Å². The molecule has 0 spiro atoms. The van der Waals surface area contributed by atoms with Crippen LogP contribution in [0.2, 0.25) is 10.0 Å². The summed E-state index contributed by atoms with van der Waals surface area (Å²) in [6, 6.07) is 17.6. The summed E-state index contributed by atoms with van der Waals surface area (Å²) in [5.74, 6) is 0.701. The molecule has 1 N–H and O–H groups in total. The Morgan fingerprint density at radius 1 is 0.972 bits per heavy atom. The van der Waals surface area contributed by atoms with Crippen LogP contribution in [0.1, 0.15) is 36.1 Å². The van der Waals surface area contributed by atoms with Crippen LogP contribution in [0.4, 0.5) is 5.69 Å². The monoisotopic (exact) mass is 538 g/mol. The average molecular weight is 540 g/mol. The Morgan fingerprint density at radius 3 is 2.33 bits per heavy atom. The minimum Gasteiger partial charge on any atom is -0.325 e. The minimum absolute atomic E-state index is 0.105. The molecule has 0 fully saturated rings. The number of benzene rings is 3. The zero-order valence-electron chi connectivity index (χ0n) is 20.7. The normalized spacial score (nSPS) is 11.1. The Kier molecular flexibility index (Phi) is 8.39. The molecule has 0 saturated carbocycles. The first-order chi connectivity index (χ1) is 17.3. The maximum Gasteiger partial charge on any atom is 0.234 e. The summed E-state index contributed by atoms with van der Waals surface area (Å²) >= 11 is 14.1. The van der Waals surface area contributed by atoms with E-state index < -0.39 is 0 Å². The first-order valence-electron chi connectivity index (χ1n) is 11.8. The zero-order chi connectivity index (χ0) is 25.8. The van der Waals surface area contributed by atoms with Crippen LogP contribution in [-0.4, -0.2) is 26.4 Å². The van der Waals surface area contributed by atoms with Crippen LogP contribution in [0.3, 0.4) is 0 Å².